The molecule has 0 saturated carbocycles. The van der Waals surface area contributed by atoms with Gasteiger partial charge >= 0.3 is 0 Å². The molecular formula is C22H36O2. The zero-order chi connectivity index (χ0) is 17.5. The quantitative estimate of drug-likeness (QED) is 0.539. The predicted octanol–water partition coefficient (Wildman–Crippen LogP) is 6.28. The molecule has 1 aliphatic rings. The van der Waals surface area contributed by atoms with Crippen LogP contribution in [0.4, 0.5) is 0 Å². The first kappa shape index (κ1) is 19.1. The van der Waals surface area contributed by atoms with Crippen molar-refractivity contribution in [1.29, 1.82) is 0 Å². The van der Waals surface area contributed by atoms with Crippen LogP contribution >= 0.6 is 0 Å². The molecule has 1 aromatic rings. The van der Waals surface area contributed by atoms with E-state index in [0.29, 0.717) is 17.8 Å². The Kier molecular flexibility index (Phi) is 7.45. The summed E-state index contributed by atoms with van der Waals surface area (Å²) in [6.45, 7) is 9.13. The molecule has 1 N–H and O–H groups in total. The highest BCUT2D eigenvalue weighted by atomic mass is 16.5. The third-order valence-corrected chi connectivity index (χ3v) is 5.35. The zero-order valence-electron chi connectivity index (χ0n) is 16.1. The van der Waals surface area contributed by atoms with Gasteiger partial charge in [0.1, 0.15) is 17.6 Å². The van der Waals surface area contributed by atoms with Crippen LogP contribution in [0.15, 0.2) is 12.1 Å². The molecule has 0 aromatic heterocycles. The summed E-state index contributed by atoms with van der Waals surface area (Å²) in [5.74, 6) is 2.74. The topological polar surface area (TPSA) is 29.5 Å². The second kappa shape index (κ2) is 9.34. The highest BCUT2D eigenvalue weighted by molar-refractivity contribution is 5.48. The van der Waals surface area contributed by atoms with Crippen LogP contribution in [0, 0.1) is 11.8 Å². The van der Waals surface area contributed by atoms with Crippen LogP contribution < -0.4 is 4.74 Å². The van der Waals surface area contributed by atoms with Crippen molar-refractivity contribution < 1.29 is 9.84 Å². The van der Waals surface area contributed by atoms with Gasteiger partial charge in [0.15, 0.2) is 0 Å². The Bertz CT molecular complexity index is 507. The van der Waals surface area contributed by atoms with Crippen LogP contribution in [0.1, 0.15) is 83.8 Å². The van der Waals surface area contributed by atoms with Gasteiger partial charge < -0.3 is 9.84 Å². The molecule has 0 aliphatic carbocycles. The van der Waals surface area contributed by atoms with Gasteiger partial charge in [-0.05, 0) is 61.6 Å². The molecule has 2 heteroatoms. The van der Waals surface area contributed by atoms with Gasteiger partial charge in [-0.3, -0.25) is 0 Å². The number of phenolic OH excluding ortho intramolecular Hbond substituents is 1. The fourth-order valence-electron chi connectivity index (χ4n) is 3.71. The van der Waals surface area contributed by atoms with Crippen molar-refractivity contribution in [3.05, 3.63) is 23.3 Å². The first-order chi connectivity index (χ1) is 11.5. The first-order valence-corrected chi connectivity index (χ1v) is 10.0. The van der Waals surface area contributed by atoms with Crippen LogP contribution in [0.25, 0.3) is 0 Å². The molecule has 0 bridgehead atoms. The molecule has 1 aliphatic heterocycles. The summed E-state index contributed by atoms with van der Waals surface area (Å²) in [5.41, 5.74) is 2.23. The number of hydrogen-bond acceptors (Lipinski definition) is 2. The molecule has 24 heavy (non-hydrogen) atoms. The lowest BCUT2D eigenvalue weighted by molar-refractivity contribution is 0.111. The number of aryl methyl sites for hydroxylation is 1. The molecule has 1 heterocycles. The second-order valence-electron chi connectivity index (χ2n) is 8.05. The molecular weight excluding hydrogens is 296 g/mol. The second-order valence-corrected chi connectivity index (χ2v) is 8.05. The van der Waals surface area contributed by atoms with Crippen molar-refractivity contribution in [3.63, 3.8) is 0 Å². The Morgan fingerprint density at radius 1 is 1.12 bits per heavy atom. The van der Waals surface area contributed by atoms with Crippen molar-refractivity contribution in [3.8, 4) is 11.5 Å². The standard InChI is InChI=1S/C22H36O2/c1-5-6-7-11-18-14-20(23)19-12-13-21(24-22(19)15-18)17(4)10-8-9-16(2)3/h14-17,21,23H,5-13H2,1-4H3/t17-,21?/m1/s1. The summed E-state index contributed by atoms with van der Waals surface area (Å²) in [4.78, 5) is 0. The van der Waals surface area contributed by atoms with Gasteiger partial charge in [0, 0.05) is 5.56 Å². The van der Waals surface area contributed by atoms with Crippen molar-refractivity contribution >= 4 is 0 Å². The molecule has 0 radical (unpaired) electrons. The van der Waals surface area contributed by atoms with Gasteiger partial charge in [0.05, 0.1) is 0 Å². The van der Waals surface area contributed by atoms with Crippen LogP contribution in [-0.2, 0) is 12.8 Å². The monoisotopic (exact) mass is 332 g/mol. The van der Waals surface area contributed by atoms with Gasteiger partial charge in [-0.1, -0.05) is 53.4 Å². The molecule has 136 valence electrons. The van der Waals surface area contributed by atoms with E-state index in [9.17, 15) is 5.11 Å². The van der Waals surface area contributed by atoms with Gasteiger partial charge in [0.2, 0.25) is 0 Å². The van der Waals surface area contributed by atoms with Gasteiger partial charge in [-0.2, -0.15) is 0 Å². The third-order valence-electron chi connectivity index (χ3n) is 5.35. The minimum absolute atomic E-state index is 0.301. The highest BCUT2D eigenvalue weighted by Crippen LogP contribution is 2.38. The number of fused-ring (bicyclic) bond motifs is 1. The molecule has 2 nitrogen and oxygen atoms in total. The summed E-state index contributed by atoms with van der Waals surface area (Å²) < 4.78 is 6.32. The van der Waals surface area contributed by atoms with Crippen molar-refractivity contribution in [2.45, 2.75) is 91.6 Å². The fraction of sp³-hybridized carbons (Fsp3) is 0.727. The van der Waals surface area contributed by atoms with E-state index in [2.05, 4.69) is 33.8 Å². The predicted molar refractivity (Wildman–Crippen MR) is 102 cm³/mol. The summed E-state index contributed by atoms with van der Waals surface area (Å²) in [6, 6.07) is 4.13. The van der Waals surface area contributed by atoms with E-state index in [1.54, 1.807) is 0 Å². The minimum atomic E-state index is 0.301. The first-order valence-electron chi connectivity index (χ1n) is 10.0. The molecule has 2 rings (SSSR count). The molecule has 0 spiro atoms. The maximum Gasteiger partial charge on any atom is 0.126 e. The Labute approximate surface area is 148 Å². The largest absolute Gasteiger partial charge is 0.508 e. The van der Waals surface area contributed by atoms with E-state index in [-0.39, 0.29) is 0 Å². The number of phenols is 1. The number of unbranched alkanes of at least 4 members (excludes halogenated alkanes) is 2. The SMILES string of the molecule is CCCCCc1cc(O)c2c(c1)OC([C@H](C)CCCC(C)C)CC2. The number of aromatic hydroxyl groups is 1. The van der Waals surface area contributed by atoms with E-state index in [0.717, 1.165) is 36.5 Å². The zero-order valence-corrected chi connectivity index (χ0v) is 16.1. The van der Waals surface area contributed by atoms with Gasteiger partial charge in [0.25, 0.3) is 0 Å². The number of ether oxygens (including phenoxy) is 1. The normalized spacial score (nSPS) is 18.3. The Morgan fingerprint density at radius 3 is 2.62 bits per heavy atom. The van der Waals surface area contributed by atoms with E-state index in [1.807, 2.05) is 6.07 Å². The van der Waals surface area contributed by atoms with Crippen molar-refractivity contribution in [2.75, 3.05) is 0 Å². The molecule has 1 aromatic carbocycles. The smallest absolute Gasteiger partial charge is 0.126 e. The molecule has 0 amide bonds. The van der Waals surface area contributed by atoms with Crippen molar-refractivity contribution in [1.82, 2.24) is 0 Å². The molecule has 2 atom stereocenters. The average molecular weight is 333 g/mol. The molecule has 0 saturated heterocycles. The van der Waals surface area contributed by atoms with E-state index in [4.69, 9.17) is 4.74 Å². The van der Waals surface area contributed by atoms with Crippen LogP contribution in [0.3, 0.4) is 0 Å². The van der Waals surface area contributed by atoms with Crippen molar-refractivity contribution in [2.24, 2.45) is 11.8 Å². The van der Waals surface area contributed by atoms with Crippen LogP contribution in [0.2, 0.25) is 0 Å². The van der Waals surface area contributed by atoms with Crippen LogP contribution in [-0.4, -0.2) is 11.2 Å². The lowest BCUT2D eigenvalue weighted by Crippen LogP contribution is -2.29. The van der Waals surface area contributed by atoms with Gasteiger partial charge in [-0.25, -0.2) is 0 Å². The van der Waals surface area contributed by atoms with Crippen LogP contribution in [0.5, 0.6) is 11.5 Å². The lowest BCUT2D eigenvalue weighted by atomic mass is 9.89. The fourth-order valence-corrected chi connectivity index (χ4v) is 3.71. The van der Waals surface area contributed by atoms with E-state index >= 15 is 0 Å². The van der Waals surface area contributed by atoms with E-state index < -0.39 is 0 Å². The number of benzene rings is 1. The summed E-state index contributed by atoms with van der Waals surface area (Å²) in [6.07, 6.45) is 10.8. The molecule has 1 unspecified atom stereocenters. The average Bonchev–Trinajstić information content (AvgIpc) is 2.54. The Morgan fingerprint density at radius 2 is 1.92 bits per heavy atom. The highest BCUT2D eigenvalue weighted by Gasteiger charge is 2.26. The van der Waals surface area contributed by atoms with Gasteiger partial charge in [-0.15, -0.1) is 0 Å². The Hall–Kier alpha value is -1.18. The maximum absolute atomic E-state index is 10.3. The summed E-state index contributed by atoms with van der Waals surface area (Å²) >= 11 is 0. The number of rotatable bonds is 9. The summed E-state index contributed by atoms with van der Waals surface area (Å²) in [5, 5.41) is 10.3. The lowest BCUT2D eigenvalue weighted by Gasteiger charge is -2.31. The summed E-state index contributed by atoms with van der Waals surface area (Å²) in [7, 11) is 0. The van der Waals surface area contributed by atoms with E-state index in [1.165, 1.54) is 44.1 Å². The maximum atomic E-state index is 10.3. The number of hydrogen-bond donors (Lipinski definition) is 1. The Balaban J connectivity index is 1.97. The molecule has 0 fully saturated rings. The minimum Gasteiger partial charge on any atom is -0.508 e. The third kappa shape index (κ3) is 5.43.